The van der Waals surface area contributed by atoms with E-state index in [4.69, 9.17) is 0 Å². The SMILES string of the molecule is O=C(c1ccc(F)cc1F)N(Cc1cccnc1)c1nc2c(F)cccc2s1. The number of halogens is 3. The van der Waals surface area contributed by atoms with E-state index in [-0.39, 0.29) is 22.8 Å². The van der Waals surface area contributed by atoms with Crippen molar-refractivity contribution in [3.63, 3.8) is 0 Å². The van der Waals surface area contributed by atoms with Crippen molar-refractivity contribution in [3.05, 3.63) is 89.5 Å². The molecular weight excluding hydrogens is 387 g/mol. The molecule has 2 aromatic heterocycles. The Kier molecular flexibility index (Phi) is 4.79. The third kappa shape index (κ3) is 3.46. The van der Waals surface area contributed by atoms with E-state index in [0.717, 1.165) is 23.5 Å². The van der Waals surface area contributed by atoms with Crippen LogP contribution in [0.3, 0.4) is 0 Å². The van der Waals surface area contributed by atoms with Crippen LogP contribution in [0.5, 0.6) is 0 Å². The number of carbonyl (C=O) groups excluding carboxylic acids is 1. The standard InChI is InChI=1S/C20H12F3N3OS/c21-13-6-7-14(16(23)9-13)19(27)26(11-12-3-2-8-24-10-12)20-25-18-15(22)4-1-5-17(18)28-20/h1-10H,11H2. The first kappa shape index (κ1) is 18.1. The van der Waals surface area contributed by atoms with Crippen molar-refractivity contribution in [1.29, 1.82) is 0 Å². The maximum atomic E-state index is 14.2. The highest BCUT2D eigenvalue weighted by Crippen LogP contribution is 2.32. The van der Waals surface area contributed by atoms with Gasteiger partial charge in [-0.05, 0) is 35.9 Å². The fourth-order valence-electron chi connectivity index (χ4n) is 2.73. The first-order valence-electron chi connectivity index (χ1n) is 8.24. The zero-order valence-electron chi connectivity index (χ0n) is 14.3. The van der Waals surface area contributed by atoms with Crippen LogP contribution in [0.1, 0.15) is 15.9 Å². The molecular formula is C20H12F3N3OS. The van der Waals surface area contributed by atoms with Gasteiger partial charge in [-0.15, -0.1) is 0 Å². The molecule has 4 rings (SSSR count). The number of anilines is 1. The van der Waals surface area contributed by atoms with Crippen molar-refractivity contribution < 1.29 is 18.0 Å². The number of hydrogen-bond acceptors (Lipinski definition) is 4. The second-order valence-electron chi connectivity index (χ2n) is 5.96. The molecule has 0 aliphatic carbocycles. The molecule has 0 bridgehead atoms. The topological polar surface area (TPSA) is 46.1 Å². The molecule has 0 saturated carbocycles. The van der Waals surface area contributed by atoms with Gasteiger partial charge in [-0.2, -0.15) is 0 Å². The summed E-state index contributed by atoms with van der Waals surface area (Å²) in [5.74, 6) is -2.98. The van der Waals surface area contributed by atoms with Gasteiger partial charge >= 0.3 is 0 Å². The lowest BCUT2D eigenvalue weighted by molar-refractivity contribution is 0.0981. The molecule has 0 aliphatic rings. The Labute approximate surface area is 161 Å². The number of rotatable bonds is 4. The molecule has 4 nitrogen and oxygen atoms in total. The lowest BCUT2D eigenvalue weighted by Gasteiger charge is -2.20. The summed E-state index contributed by atoms with van der Waals surface area (Å²) >= 11 is 1.11. The summed E-state index contributed by atoms with van der Waals surface area (Å²) in [5.41, 5.74) is 0.509. The zero-order valence-corrected chi connectivity index (χ0v) is 15.1. The predicted molar refractivity (Wildman–Crippen MR) is 101 cm³/mol. The second-order valence-corrected chi connectivity index (χ2v) is 6.97. The van der Waals surface area contributed by atoms with Gasteiger partial charge in [-0.1, -0.05) is 23.5 Å². The van der Waals surface area contributed by atoms with Crippen molar-refractivity contribution in [3.8, 4) is 0 Å². The number of pyridine rings is 1. The van der Waals surface area contributed by atoms with E-state index in [1.807, 2.05) is 0 Å². The van der Waals surface area contributed by atoms with E-state index in [1.165, 1.54) is 11.0 Å². The molecule has 28 heavy (non-hydrogen) atoms. The van der Waals surface area contributed by atoms with E-state index in [0.29, 0.717) is 16.3 Å². The average molecular weight is 399 g/mol. The number of thiazole rings is 1. The molecule has 0 unspecified atom stereocenters. The van der Waals surface area contributed by atoms with Crippen LogP contribution in [0.2, 0.25) is 0 Å². The van der Waals surface area contributed by atoms with Crippen molar-refractivity contribution in [1.82, 2.24) is 9.97 Å². The van der Waals surface area contributed by atoms with Crippen LogP contribution in [-0.2, 0) is 6.54 Å². The number of fused-ring (bicyclic) bond motifs is 1. The Morgan fingerprint density at radius 3 is 2.61 bits per heavy atom. The fourth-order valence-corrected chi connectivity index (χ4v) is 3.71. The molecule has 0 N–H and O–H groups in total. The number of aromatic nitrogens is 2. The van der Waals surface area contributed by atoms with Crippen LogP contribution in [0.4, 0.5) is 18.3 Å². The number of hydrogen-bond donors (Lipinski definition) is 0. The third-order valence-electron chi connectivity index (χ3n) is 4.06. The molecule has 4 aromatic rings. The Hall–Kier alpha value is -3.26. The van der Waals surface area contributed by atoms with Gasteiger partial charge in [0.15, 0.2) is 5.13 Å². The summed E-state index contributed by atoms with van der Waals surface area (Å²) in [4.78, 5) is 22.5. The largest absolute Gasteiger partial charge is 0.279 e. The average Bonchev–Trinajstić information content (AvgIpc) is 3.12. The van der Waals surface area contributed by atoms with Crippen LogP contribution in [0.25, 0.3) is 10.2 Å². The normalized spacial score (nSPS) is 11.0. The molecule has 0 saturated heterocycles. The van der Waals surface area contributed by atoms with E-state index in [9.17, 15) is 18.0 Å². The molecule has 1 amide bonds. The highest BCUT2D eigenvalue weighted by atomic mass is 32.1. The van der Waals surface area contributed by atoms with Gasteiger partial charge in [0.05, 0.1) is 16.8 Å². The smallest absolute Gasteiger partial charge is 0.263 e. The van der Waals surface area contributed by atoms with E-state index >= 15 is 0 Å². The number of nitrogens with zero attached hydrogens (tertiary/aromatic N) is 3. The zero-order chi connectivity index (χ0) is 19.7. The molecule has 2 heterocycles. The fraction of sp³-hybridized carbons (Fsp3) is 0.0500. The molecule has 140 valence electrons. The molecule has 2 aromatic carbocycles. The monoisotopic (exact) mass is 399 g/mol. The summed E-state index contributed by atoms with van der Waals surface area (Å²) in [7, 11) is 0. The summed E-state index contributed by atoms with van der Waals surface area (Å²) in [6.45, 7) is 0.0466. The van der Waals surface area contributed by atoms with Crippen LogP contribution >= 0.6 is 11.3 Å². The Bertz CT molecular complexity index is 1160. The van der Waals surface area contributed by atoms with Crippen molar-refractivity contribution in [2.75, 3.05) is 4.90 Å². The molecule has 0 fully saturated rings. The van der Waals surface area contributed by atoms with Gasteiger partial charge < -0.3 is 0 Å². The molecule has 0 radical (unpaired) electrons. The molecule has 0 atom stereocenters. The second kappa shape index (κ2) is 7.40. The quantitative estimate of drug-likeness (QED) is 0.488. The summed E-state index contributed by atoms with van der Waals surface area (Å²) in [6.07, 6.45) is 3.15. The predicted octanol–water partition coefficient (Wildman–Crippen LogP) is 4.96. The van der Waals surface area contributed by atoms with Crippen LogP contribution in [0, 0.1) is 17.5 Å². The van der Waals surface area contributed by atoms with E-state index in [1.54, 1.807) is 36.7 Å². The molecule has 8 heteroatoms. The van der Waals surface area contributed by atoms with Gasteiger partial charge in [0.2, 0.25) is 0 Å². The summed E-state index contributed by atoms with van der Waals surface area (Å²) < 4.78 is 42.1. The molecule has 0 aliphatic heterocycles. The first-order valence-corrected chi connectivity index (χ1v) is 9.05. The van der Waals surface area contributed by atoms with Crippen molar-refractivity contribution >= 4 is 32.6 Å². The Morgan fingerprint density at radius 1 is 1.04 bits per heavy atom. The summed E-state index contributed by atoms with van der Waals surface area (Å²) in [6, 6.07) is 10.7. The third-order valence-corrected chi connectivity index (χ3v) is 5.10. The maximum absolute atomic E-state index is 14.2. The number of benzene rings is 2. The lowest BCUT2D eigenvalue weighted by Crippen LogP contribution is -2.31. The molecule has 0 spiro atoms. The maximum Gasteiger partial charge on any atom is 0.263 e. The highest BCUT2D eigenvalue weighted by Gasteiger charge is 2.25. The van der Waals surface area contributed by atoms with Gasteiger partial charge in [0.1, 0.15) is 23.0 Å². The number of para-hydroxylation sites is 1. The van der Waals surface area contributed by atoms with Gasteiger partial charge in [0.25, 0.3) is 5.91 Å². The van der Waals surface area contributed by atoms with E-state index < -0.39 is 23.4 Å². The van der Waals surface area contributed by atoms with E-state index in [2.05, 4.69) is 9.97 Å². The minimum absolute atomic E-state index is 0.0466. The lowest BCUT2D eigenvalue weighted by atomic mass is 10.1. The first-order chi connectivity index (χ1) is 13.5. The minimum Gasteiger partial charge on any atom is -0.279 e. The summed E-state index contributed by atoms with van der Waals surface area (Å²) in [5, 5.41) is 0.206. The number of carbonyl (C=O) groups is 1. The van der Waals surface area contributed by atoms with Gasteiger partial charge in [-0.3, -0.25) is 14.7 Å². The minimum atomic E-state index is -0.978. The Morgan fingerprint density at radius 2 is 1.89 bits per heavy atom. The number of amides is 1. The van der Waals surface area contributed by atoms with Crippen LogP contribution in [-0.4, -0.2) is 15.9 Å². The highest BCUT2D eigenvalue weighted by molar-refractivity contribution is 7.22. The Balaban J connectivity index is 1.80. The van der Waals surface area contributed by atoms with Gasteiger partial charge in [0, 0.05) is 18.5 Å². The van der Waals surface area contributed by atoms with Gasteiger partial charge in [-0.25, -0.2) is 18.2 Å². The van der Waals surface area contributed by atoms with Crippen molar-refractivity contribution in [2.24, 2.45) is 0 Å². The van der Waals surface area contributed by atoms with Crippen LogP contribution in [0.15, 0.2) is 60.9 Å². The van der Waals surface area contributed by atoms with Crippen LogP contribution < -0.4 is 4.90 Å². The van der Waals surface area contributed by atoms with Crippen molar-refractivity contribution in [2.45, 2.75) is 6.54 Å².